The largest absolute Gasteiger partial charge is 0.494 e. The van der Waals surface area contributed by atoms with Gasteiger partial charge < -0.3 is 75.4 Å². The lowest BCUT2D eigenvalue weighted by Gasteiger charge is -2.32. The number of aromatic nitrogens is 21. The molecule has 0 spiro atoms. The number of rotatable bonds is 7. The second-order valence-electron chi connectivity index (χ2n) is 27.9. The maximum Gasteiger partial charge on any atom is 0.494 e. The molecule has 0 saturated carbocycles. The lowest BCUT2D eigenvalue weighted by molar-refractivity contribution is -0.136. The van der Waals surface area contributed by atoms with Gasteiger partial charge in [-0.3, -0.25) is 24.3 Å². The Morgan fingerprint density at radius 3 is 1.48 bits per heavy atom. The Morgan fingerprint density at radius 2 is 1.00 bits per heavy atom. The molecule has 2 aliphatic rings. The van der Waals surface area contributed by atoms with Gasteiger partial charge in [0.2, 0.25) is 0 Å². The fraction of sp³-hybridized carbons (Fsp3) is 0.108. The van der Waals surface area contributed by atoms with E-state index in [1.54, 1.807) is 121 Å². The monoisotopic (exact) mass is 1910 g/mol. The number of aliphatic imine (C=N–C) groups is 1. The Balaban J connectivity index is 0.000000128. The number of aromatic amines is 1. The first kappa shape index (κ1) is 92.9. The minimum Gasteiger partial charge on any atom is -0.456 e. The van der Waals surface area contributed by atoms with Crippen LogP contribution in [0.25, 0.3) is 118 Å². The third kappa shape index (κ3) is 24.5. The van der Waals surface area contributed by atoms with Crippen LogP contribution in [-0.4, -0.2) is 163 Å². The van der Waals surface area contributed by atoms with Crippen molar-refractivity contribution in [1.82, 2.24) is 103 Å². The first-order valence-electron chi connectivity index (χ1n) is 38.4. The molecule has 0 atom stereocenters. The normalized spacial score (nSPS) is 12.6. The number of carbonyl (C=O) groups is 1. The molecule has 1 fully saturated rings. The van der Waals surface area contributed by atoms with Gasteiger partial charge in [-0.15, -0.1) is 6.42 Å². The Labute approximate surface area is 763 Å². The number of esters is 1. The van der Waals surface area contributed by atoms with Crippen molar-refractivity contribution in [2.24, 2.45) is 10.7 Å². The van der Waals surface area contributed by atoms with E-state index < -0.39 is 25.4 Å². The Kier molecular flexibility index (Phi) is 29.9. The fourth-order valence-corrected chi connectivity index (χ4v) is 12.4. The van der Waals surface area contributed by atoms with Crippen LogP contribution in [-0.2, 0) is 23.4 Å². The van der Waals surface area contributed by atoms with Crippen LogP contribution < -0.4 is 45.2 Å². The van der Waals surface area contributed by atoms with Gasteiger partial charge in [0.05, 0.1) is 76.9 Å². The number of fused-ring (bicyclic) bond motifs is 9. The molecule has 4 aromatic carbocycles. The fourth-order valence-electron chi connectivity index (χ4n) is 11.9. The van der Waals surface area contributed by atoms with Crippen LogP contribution in [0, 0.1) is 12.3 Å². The number of pyridine rings is 2. The van der Waals surface area contributed by atoms with Crippen LogP contribution in [0.15, 0.2) is 276 Å². The molecule has 130 heavy (non-hydrogen) atoms. The third-order valence-electron chi connectivity index (χ3n) is 18.6. The smallest absolute Gasteiger partial charge is 0.456 e. The highest BCUT2D eigenvalue weighted by molar-refractivity contribution is 9.10. The summed E-state index contributed by atoms with van der Waals surface area (Å²) in [4.78, 5) is 69.3. The number of nitrogen functional groups attached to an aromatic ring is 4. The number of nitrogens with two attached hydrogens (primary N) is 5. The van der Waals surface area contributed by atoms with Gasteiger partial charge in [-0.05, 0) is 222 Å². The molecule has 0 radical (unpaired) electrons. The van der Waals surface area contributed by atoms with E-state index in [2.05, 4.69) is 141 Å². The van der Waals surface area contributed by atoms with Gasteiger partial charge in [0.25, 0.3) is 29.6 Å². The average Bonchev–Trinajstić information content (AvgIpc) is 1.62. The van der Waals surface area contributed by atoms with E-state index in [4.69, 9.17) is 82.3 Å². The van der Waals surface area contributed by atoms with Crippen molar-refractivity contribution in [3.63, 3.8) is 0 Å². The zero-order valence-electron chi connectivity index (χ0n) is 68.8. The molecule has 13 N–H and O–H groups in total. The summed E-state index contributed by atoms with van der Waals surface area (Å²) >= 11 is 22.9. The van der Waals surface area contributed by atoms with Crippen molar-refractivity contribution in [3.8, 4) is 57.2 Å². The van der Waals surface area contributed by atoms with Crippen LogP contribution >= 0.6 is 66.5 Å². The zero-order chi connectivity index (χ0) is 92.4. The SMILES string of the molecule is C#CC(=O)OCC.CC1(C)OB(c2ccc3oc(N)nc3c2)OC1(C)C.Clc1ccn2nccc2n1.NC1=NCC=C1.Nc1nc2cc(-c3ccn4ncc(-c5ccncc5)c4n3)ccc2o1.Nc1nc2cc(-c3ccn4ncc(Br)c4n3)ccc2o1.Nc1nc2cc(-c3ccn4nccc4n3)ccc2o1.O=P(Cl)(Cl)Cl.O=c1ccn2nccc2[nH]1.OB(O)c1ccncc1. The quantitative estimate of drug-likeness (QED) is 0.0183. The molecule has 18 heterocycles. The summed E-state index contributed by atoms with van der Waals surface area (Å²) in [5.74, 6) is 1.86. The molecule has 39 nitrogen and oxygen atoms in total. The molecule has 0 amide bonds. The van der Waals surface area contributed by atoms with Gasteiger partial charge in [-0.1, -0.05) is 23.7 Å². The van der Waals surface area contributed by atoms with E-state index in [-0.39, 0.29) is 40.8 Å². The summed E-state index contributed by atoms with van der Waals surface area (Å²) < 4.78 is 56.2. The molecule has 0 aliphatic carbocycles. The van der Waals surface area contributed by atoms with E-state index in [0.29, 0.717) is 67.6 Å². The van der Waals surface area contributed by atoms with Crippen LogP contribution in [0.1, 0.15) is 34.6 Å². The Hall–Kier alpha value is -14.8. The van der Waals surface area contributed by atoms with E-state index in [9.17, 15) is 14.2 Å². The van der Waals surface area contributed by atoms with Crippen molar-refractivity contribution in [2.75, 3.05) is 36.1 Å². The zero-order valence-corrected chi connectivity index (χ0v) is 74.3. The van der Waals surface area contributed by atoms with Crippen molar-refractivity contribution in [1.29, 1.82) is 0 Å². The summed E-state index contributed by atoms with van der Waals surface area (Å²) in [6.07, 6.45) is 32.5. The number of H-pyrrole nitrogens is 1. The van der Waals surface area contributed by atoms with E-state index in [1.807, 2.05) is 168 Å². The summed E-state index contributed by atoms with van der Waals surface area (Å²) in [7, 11) is -1.78. The maximum absolute atomic E-state index is 10.7. The van der Waals surface area contributed by atoms with E-state index in [0.717, 1.165) is 89.5 Å². The predicted octanol–water partition coefficient (Wildman–Crippen LogP) is 13.0. The Morgan fingerprint density at radius 1 is 0.554 bits per heavy atom. The number of nitrogens with one attached hydrogen (secondary N) is 1. The van der Waals surface area contributed by atoms with Crippen molar-refractivity contribution in [3.05, 3.63) is 264 Å². The molecule has 0 unspecified atom stereocenters. The number of amidine groups is 1. The molecular formula is C83H73B2BrCl4N27O12P. The molecule has 658 valence electrons. The van der Waals surface area contributed by atoms with Gasteiger partial charge in [0.15, 0.2) is 44.9 Å². The van der Waals surface area contributed by atoms with Gasteiger partial charge >= 0.3 is 25.4 Å². The topological polar surface area (TPSA) is 546 Å². The van der Waals surface area contributed by atoms with Gasteiger partial charge in [0.1, 0.15) is 38.7 Å². The highest BCUT2D eigenvalue weighted by Gasteiger charge is 2.52. The summed E-state index contributed by atoms with van der Waals surface area (Å²) in [5, 5.41) is 34.9. The molecular weight excluding hydrogens is 1840 g/mol. The highest BCUT2D eigenvalue weighted by atomic mass is 79.9. The van der Waals surface area contributed by atoms with Crippen molar-refractivity contribution >= 4 is 200 Å². The number of hydrogen-bond acceptors (Lipinski definition) is 33. The number of benzene rings is 4. The van der Waals surface area contributed by atoms with Crippen LogP contribution in [0.4, 0.5) is 24.1 Å². The van der Waals surface area contributed by atoms with Gasteiger partial charge in [-0.2, -0.15) is 45.4 Å². The van der Waals surface area contributed by atoms with Gasteiger partial charge in [-0.25, -0.2) is 47.3 Å². The van der Waals surface area contributed by atoms with Crippen LogP contribution in [0.5, 0.6) is 0 Å². The molecule has 2 aliphatic heterocycles. The average molecular weight is 1910 g/mol. The van der Waals surface area contributed by atoms with Crippen LogP contribution in [0.3, 0.4) is 0 Å². The minimum atomic E-state index is -3.22. The van der Waals surface area contributed by atoms with Gasteiger partial charge in [0, 0.05) is 108 Å². The summed E-state index contributed by atoms with van der Waals surface area (Å²) in [5.41, 5.74) is 44.7. The number of terminal acetylenes is 1. The number of oxazole rings is 4. The predicted molar refractivity (Wildman–Crippen MR) is 500 cm³/mol. The molecule has 1 saturated heterocycles. The molecule has 16 aromatic heterocycles. The number of halogens is 5. The van der Waals surface area contributed by atoms with Crippen molar-refractivity contribution < 1.29 is 51.1 Å². The minimum absolute atomic E-state index is 0.104. The number of nitrogens with zero attached hydrogens (tertiary/aromatic N) is 21. The summed E-state index contributed by atoms with van der Waals surface area (Å²) in [6, 6.07) is 44.6. The Bertz CT molecular complexity index is 7540. The third-order valence-corrected chi connectivity index (χ3v) is 19.3. The lowest BCUT2D eigenvalue weighted by atomic mass is 9.79. The lowest BCUT2D eigenvalue weighted by Crippen LogP contribution is -2.41. The number of ether oxygens (including phenoxy) is 1. The van der Waals surface area contributed by atoms with Crippen LogP contribution in [0.2, 0.25) is 5.15 Å². The first-order valence-corrected chi connectivity index (χ1v) is 44.0. The highest BCUT2D eigenvalue weighted by Crippen LogP contribution is 2.61. The molecule has 20 aromatic rings. The summed E-state index contributed by atoms with van der Waals surface area (Å²) in [6.45, 7) is 10.9. The molecule has 47 heteroatoms. The molecule has 0 bridgehead atoms. The number of hydrogen-bond donors (Lipinski definition) is 8. The van der Waals surface area contributed by atoms with E-state index >= 15 is 0 Å². The molecule has 22 rings (SSSR count). The first-order chi connectivity index (χ1) is 62.3. The van der Waals surface area contributed by atoms with E-state index in [1.165, 1.54) is 18.5 Å². The van der Waals surface area contributed by atoms with Crippen molar-refractivity contribution in [2.45, 2.75) is 45.8 Å². The standard InChI is InChI=1S/C18H12N6O.C13H17BN2O3.C13H8BrN5O.C13H9N5O.C6H4ClN3.C6H5N3O.C5H6BNO2.C5H6O2.C4H6N2.Cl3OP/c19-18-23-15-9-12(1-2-16(15)25-18)14-5-8-24-17(22-14)13(10-21-24)11-3-6-20-7-4-11;1-12(2)13(3,4)19-14(18-12)8-5-6-10-9(7-8)16-11(15)17-10;14-8-6-16-19-4-3-9(17-12(8)19)7-1-2-11-10(5-7)18-13(15)20-11;14-13-17-10-7-8(1-2-11(10)19-13)9-4-6-18-12(16-9)3-5-15-18;7-5-2-4-10-6(9-5)1-3-8-10;10-6-2-4-9-5(8-6)1-3-7-9;8-6(9)5-1-3-7-4-2-5;1-3-5(6)7-4-2;5-4-2-1-3-6-4;1-5(2,3)4/h1-10H,(H2,19,23);5-7H,1-4H3,(H2,15,16);1-6H,(H2,15,18);1-7H,(H2,14,17);1-4H;1-4H,(H,8,10);1-4,8-9H;1H,4H2,2H3;1-2H,3H2,(H2,5,6);. The second kappa shape index (κ2) is 41.8. The maximum atomic E-state index is 10.7. The number of carbonyl (C=O) groups excluding carboxylic acids is 1. The second-order valence-corrected chi connectivity index (χ2v) is 35.8. The number of anilines is 4.